The number of hydrogen-bond donors (Lipinski definition) is 1. The van der Waals surface area contributed by atoms with Gasteiger partial charge in [-0.25, -0.2) is 0 Å². The van der Waals surface area contributed by atoms with Crippen LogP contribution in [0.5, 0.6) is 0 Å². The highest BCUT2D eigenvalue weighted by Crippen LogP contribution is 2.23. The van der Waals surface area contributed by atoms with Gasteiger partial charge in [0.2, 0.25) is 0 Å². The lowest BCUT2D eigenvalue weighted by Gasteiger charge is -2.10. The average Bonchev–Trinajstić information content (AvgIpc) is 2.61. The predicted octanol–water partition coefficient (Wildman–Crippen LogP) is 5.07. The van der Waals surface area contributed by atoms with E-state index in [-0.39, 0.29) is 11.7 Å². The largest absolute Gasteiger partial charge is 0.322 e. The number of rotatable bonds is 5. The molecule has 0 aliphatic heterocycles. The van der Waals surface area contributed by atoms with E-state index in [2.05, 4.69) is 5.32 Å². The molecular formula is C21H19NO2. The normalized spacial score (nSPS) is 10.5. The van der Waals surface area contributed by atoms with Gasteiger partial charge in [-0.15, -0.1) is 0 Å². The molecule has 0 bridgehead atoms. The molecule has 0 radical (unpaired) electrons. The zero-order valence-corrected chi connectivity index (χ0v) is 13.6. The SMILES string of the molecule is CCCC(=O)c1cc(C(=O)Nc2ccccc2)cc2ccccc12. The molecule has 3 rings (SSSR count). The molecule has 0 aliphatic rings. The van der Waals surface area contributed by atoms with E-state index >= 15 is 0 Å². The summed E-state index contributed by atoms with van der Waals surface area (Å²) in [5, 5.41) is 4.67. The Hall–Kier alpha value is -2.94. The van der Waals surface area contributed by atoms with Crippen molar-refractivity contribution in [2.45, 2.75) is 19.8 Å². The van der Waals surface area contributed by atoms with E-state index in [0.717, 1.165) is 22.9 Å². The van der Waals surface area contributed by atoms with E-state index in [1.165, 1.54) is 0 Å². The quantitative estimate of drug-likeness (QED) is 0.667. The number of fused-ring (bicyclic) bond motifs is 1. The van der Waals surface area contributed by atoms with Crippen LogP contribution < -0.4 is 5.32 Å². The fraction of sp³-hybridized carbons (Fsp3) is 0.143. The van der Waals surface area contributed by atoms with E-state index in [0.29, 0.717) is 17.5 Å². The van der Waals surface area contributed by atoms with Gasteiger partial charge in [-0.1, -0.05) is 49.4 Å². The summed E-state index contributed by atoms with van der Waals surface area (Å²) in [4.78, 5) is 25.0. The van der Waals surface area contributed by atoms with Crippen molar-refractivity contribution in [2.24, 2.45) is 0 Å². The smallest absolute Gasteiger partial charge is 0.255 e. The molecular weight excluding hydrogens is 298 g/mol. The Labute approximate surface area is 141 Å². The Kier molecular flexibility index (Phi) is 4.71. The predicted molar refractivity (Wildman–Crippen MR) is 97.6 cm³/mol. The zero-order chi connectivity index (χ0) is 16.9. The van der Waals surface area contributed by atoms with Gasteiger partial charge in [0, 0.05) is 23.2 Å². The van der Waals surface area contributed by atoms with Crippen LogP contribution in [0.3, 0.4) is 0 Å². The molecule has 0 spiro atoms. The summed E-state index contributed by atoms with van der Waals surface area (Å²) in [6, 6.07) is 20.5. The molecule has 0 saturated heterocycles. The fourth-order valence-corrected chi connectivity index (χ4v) is 2.76. The van der Waals surface area contributed by atoms with Crippen molar-refractivity contribution in [3.8, 4) is 0 Å². The summed E-state index contributed by atoms with van der Waals surface area (Å²) in [6.45, 7) is 1.98. The Morgan fingerprint density at radius 2 is 1.62 bits per heavy atom. The van der Waals surface area contributed by atoms with Crippen LogP contribution in [0.15, 0.2) is 66.7 Å². The van der Waals surface area contributed by atoms with Gasteiger partial charge in [-0.3, -0.25) is 9.59 Å². The van der Waals surface area contributed by atoms with Crippen LogP contribution >= 0.6 is 0 Å². The Morgan fingerprint density at radius 3 is 2.38 bits per heavy atom. The molecule has 0 fully saturated rings. The van der Waals surface area contributed by atoms with Gasteiger partial charge in [0.15, 0.2) is 5.78 Å². The third kappa shape index (κ3) is 3.35. The number of carbonyl (C=O) groups excluding carboxylic acids is 2. The number of amides is 1. The number of para-hydroxylation sites is 1. The van der Waals surface area contributed by atoms with Gasteiger partial charge in [-0.05, 0) is 41.5 Å². The van der Waals surface area contributed by atoms with Crippen molar-refractivity contribution in [1.29, 1.82) is 0 Å². The van der Waals surface area contributed by atoms with Gasteiger partial charge in [0.05, 0.1) is 0 Å². The minimum absolute atomic E-state index is 0.0723. The first kappa shape index (κ1) is 15.9. The molecule has 120 valence electrons. The van der Waals surface area contributed by atoms with E-state index in [9.17, 15) is 9.59 Å². The van der Waals surface area contributed by atoms with Crippen molar-refractivity contribution in [1.82, 2.24) is 0 Å². The molecule has 3 aromatic rings. The minimum atomic E-state index is -0.211. The highest BCUT2D eigenvalue weighted by Gasteiger charge is 2.14. The number of benzene rings is 3. The average molecular weight is 317 g/mol. The minimum Gasteiger partial charge on any atom is -0.322 e. The van der Waals surface area contributed by atoms with Crippen LogP contribution in [0.4, 0.5) is 5.69 Å². The lowest BCUT2D eigenvalue weighted by atomic mass is 9.96. The molecule has 0 heterocycles. The van der Waals surface area contributed by atoms with E-state index < -0.39 is 0 Å². The molecule has 3 nitrogen and oxygen atoms in total. The van der Waals surface area contributed by atoms with Crippen molar-refractivity contribution in [3.63, 3.8) is 0 Å². The summed E-state index contributed by atoms with van der Waals surface area (Å²) in [7, 11) is 0. The maximum Gasteiger partial charge on any atom is 0.255 e. The number of ketones is 1. The van der Waals surface area contributed by atoms with Gasteiger partial charge in [-0.2, -0.15) is 0 Å². The maximum absolute atomic E-state index is 12.6. The summed E-state index contributed by atoms with van der Waals surface area (Å²) < 4.78 is 0. The highest BCUT2D eigenvalue weighted by molar-refractivity contribution is 6.13. The highest BCUT2D eigenvalue weighted by atomic mass is 16.1. The van der Waals surface area contributed by atoms with Gasteiger partial charge < -0.3 is 5.32 Å². The Bertz CT molecular complexity index is 885. The lowest BCUT2D eigenvalue weighted by molar-refractivity contribution is 0.0983. The summed E-state index contributed by atoms with van der Waals surface area (Å²) >= 11 is 0. The monoisotopic (exact) mass is 317 g/mol. The molecule has 1 amide bonds. The fourth-order valence-electron chi connectivity index (χ4n) is 2.76. The number of Topliss-reactive ketones (excluding diaryl/α,β-unsaturated/α-hetero) is 1. The van der Waals surface area contributed by atoms with Crippen LogP contribution in [0.2, 0.25) is 0 Å². The summed E-state index contributed by atoms with van der Waals surface area (Å²) in [5.41, 5.74) is 1.85. The molecule has 3 aromatic carbocycles. The van der Waals surface area contributed by atoms with Crippen LogP contribution in [-0.2, 0) is 0 Å². The molecule has 0 aliphatic carbocycles. The van der Waals surface area contributed by atoms with Crippen molar-refractivity contribution in [2.75, 3.05) is 5.32 Å². The molecule has 1 N–H and O–H groups in total. The van der Waals surface area contributed by atoms with Crippen LogP contribution in [0.1, 0.15) is 40.5 Å². The molecule has 0 atom stereocenters. The second kappa shape index (κ2) is 7.09. The van der Waals surface area contributed by atoms with Crippen LogP contribution in [0, 0.1) is 0 Å². The summed E-state index contributed by atoms with van der Waals surface area (Å²) in [6.07, 6.45) is 1.27. The van der Waals surface area contributed by atoms with Crippen molar-refractivity contribution >= 4 is 28.2 Å². The molecule has 3 heteroatoms. The zero-order valence-electron chi connectivity index (χ0n) is 13.6. The number of nitrogens with one attached hydrogen (secondary N) is 1. The third-order valence-electron chi connectivity index (χ3n) is 3.93. The van der Waals surface area contributed by atoms with Crippen LogP contribution in [-0.4, -0.2) is 11.7 Å². The summed E-state index contributed by atoms with van der Waals surface area (Å²) in [5.74, 6) is -0.138. The van der Waals surface area contributed by atoms with Gasteiger partial charge in [0.1, 0.15) is 0 Å². The van der Waals surface area contributed by atoms with Crippen LogP contribution in [0.25, 0.3) is 10.8 Å². The molecule has 0 saturated carbocycles. The molecule has 0 unspecified atom stereocenters. The van der Waals surface area contributed by atoms with Crippen molar-refractivity contribution < 1.29 is 9.59 Å². The topological polar surface area (TPSA) is 46.2 Å². The van der Waals surface area contributed by atoms with E-state index in [4.69, 9.17) is 0 Å². The molecule has 24 heavy (non-hydrogen) atoms. The van der Waals surface area contributed by atoms with E-state index in [1.54, 1.807) is 6.07 Å². The first-order valence-corrected chi connectivity index (χ1v) is 8.11. The maximum atomic E-state index is 12.6. The standard InChI is InChI=1S/C21H19NO2/c1-2-8-20(23)19-14-16(13-15-9-6-7-12-18(15)19)21(24)22-17-10-4-3-5-11-17/h3-7,9-14H,2,8H2,1H3,(H,22,24). The van der Waals surface area contributed by atoms with E-state index in [1.807, 2.05) is 67.6 Å². The van der Waals surface area contributed by atoms with Gasteiger partial charge >= 0.3 is 0 Å². The second-order valence-corrected chi connectivity index (χ2v) is 5.74. The molecule has 0 aromatic heterocycles. The first-order chi connectivity index (χ1) is 11.7. The Morgan fingerprint density at radius 1 is 0.917 bits per heavy atom. The number of anilines is 1. The van der Waals surface area contributed by atoms with Crippen molar-refractivity contribution in [3.05, 3.63) is 77.9 Å². The number of hydrogen-bond acceptors (Lipinski definition) is 2. The first-order valence-electron chi connectivity index (χ1n) is 8.11. The number of carbonyl (C=O) groups is 2. The van der Waals surface area contributed by atoms with Gasteiger partial charge in [0.25, 0.3) is 5.91 Å². The second-order valence-electron chi connectivity index (χ2n) is 5.74. The third-order valence-corrected chi connectivity index (χ3v) is 3.93. The lowest BCUT2D eigenvalue weighted by Crippen LogP contribution is -2.13. The Balaban J connectivity index is 2.02.